The number of amides is 1. The van der Waals surface area contributed by atoms with Crippen molar-refractivity contribution in [2.24, 2.45) is 0 Å². The van der Waals surface area contributed by atoms with Gasteiger partial charge in [-0.05, 0) is 21.0 Å². The zero-order chi connectivity index (χ0) is 7.44. The summed E-state index contributed by atoms with van der Waals surface area (Å²) in [5.41, 5.74) is 0. The molecule has 3 heteroatoms. The Bertz CT molecular complexity index is 101. The third-order valence-electron chi connectivity index (χ3n) is 1.40. The predicted octanol–water partition coefficient (Wildman–Crippen LogP) is -0.317. The molecule has 0 rings (SSSR count). The second-order valence-corrected chi connectivity index (χ2v) is 2.25. The topological polar surface area (TPSA) is 32.3 Å². The summed E-state index contributed by atoms with van der Waals surface area (Å²) in [6, 6.07) is -0.0324. The van der Waals surface area contributed by atoms with E-state index in [4.69, 9.17) is 0 Å². The molecular weight excluding hydrogens is 116 g/mol. The highest BCUT2D eigenvalue weighted by Gasteiger charge is 2.11. The Kier molecular flexibility index (Phi) is 3.24. The lowest BCUT2D eigenvalue weighted by Gasteiger charge is -2.16. The molecule has 0 aliphatic heterocycles. The molecule has 0 aliphatic carbocycles. The van der Waals surface area contributed by atoms with Crippen molar-refractivity contribution in [2.45, 2.75) is 13.0 Å². The Morgan fingerprint density at radius 2 is 2.00 bits per heavy atom. The molecule has 0 spiro atoms. The first-order valence-electron chi connectivity index (χ1n) is 2.97. The Morgan fingerprint density at radius 3 is 2.11 bits per heavy atom. The molecule has 0 radical (unpaired) electrons. The average Bonchev–Trinajstić information content (AvgIpc) is 1.84. The largest absolute Gasteiger partial charge is 0.358 e. The van der Waals surface area contributed by atoms with Gasteiger partial charge < -0.3 is 5.32 Å². The van der Waals surface area contributed by atoms with Gasteiger partial charge in [0.2, 0.25) is 5.91 Å². The summed E-state index contributed by atoms with van der Waals surface area (Å²) in [7, 11) is 5.39. The van der Waals surface area contributed by atoms with Gasteiger partial charge in [-0.1, -0.05) is 0 Å². The third kappa shape index (κ3) is 2.46. The molecule has 0 aromatic heterocycles. The van der Waals surface area contributed by atoms with Gasteiger partial charge in [0.15, 0.2) is 0 Å². The highest BCUT2D eigenvalue weighted by molar-refractivity contribution is 5.80. The fourth-order valence-electron chi connectivity index (χ4n) is 0.443. The summed E-state index contributed by atoms with van der Waals surface area (Å²) in [6.45, 7) is 1.86. The summed E-state index contributed by atoms with van der Waals surface area (Å²) in [5, 5.41) is 2.57. The minimum absolute atomic E-state index is 0.0324. The van der Waals surface area contributed by atoms with Crippen molar-refractivity contribution in [2.75, 3.05) is 21.1 Å². The molecule has 1 atom stereocenters. The maximum absolute atomic E-state index is 10.8. The van der Waals surface area contributed by atoms with Gasteiger partial charge in [-0.2, -0.15) is 0 Å². The summed E-state index contributed by atoms with van der Waals surface area (Å²) < 4.78 is 0. The highest BCUT2D eigenvalue weighted by atomic mass is 16.2. The number of likely N-dealkylation sites (N-methyl/N-ethyl adjacent to an activating group) is 2. The molecule has 0 saturated heterocycles. The van der Waals surface area contributed by atoms with Crippen molar-refractivity contribution >= 4 is 5.91 Å². The third-order valence-corrected chi connectivity index (χ3v) is 1.40. The van der Waals surface area contributed by atoms with Crippen LogP contribution in [0.15, 0.2) is 0 Å². The Balaban J connectivity index is 3.72. The van der Waals surface area contributed by atoms with Crippen molar-refractivity contribution in [1.29, 1.82) is 0 Å². The Morgan fingerprint density at radius 1 is 1.56 bits per heavy atom. The van der Waals surface area contributed by atoms with E-state index in [9.17, 15) is 4.79 Å². The fraction of sp³-hybridized carbons (Fsp3) is 0.833. The van der Waals surface area contributed by atoms with Gasteiger partial charge in [0.1, 0.15) is 0 Å². The Hall–Kier alpha value is -0.570. The van der Waals surface area contributed by atoms with Crippen LogP contribution >= 0.6 is 0 Å². The van der Waals surface area contributed by atoms with E-state index in [-0.39, 0.29) is 11.9 Å². The molecule has 0 aromatic carbocycles. The van der Waals surface area contributed by atoms with E-state index in [0.29, 0.717) is 0 Å². The van der Waals surface area contributed by atoms with E-state index < -0.39 is 0 Å². The molecule has 0 bridgehead atoms. The number of carbonyl (C=O) groups excluding carboxylic acids is 1. The molecule has 0 fully saturated rings. The lowest BCUT2D eigenvalue weighted by Crippen LogP contribution is -2.39. The number of hydrogen-bond donors (Lipinski definition) is 1. The summed E-state index contributed by atoms with van der Waals surface area (Å²) in [6.07, 6.45) is 0. The van der Waals surface area contributed by atoms with Gasteiger partial charge in [-0.25, -0.2) is 0 Å². The van der Waals surface area contributed by atoms with Crippen LogP contribution in [0.5, 0.6) is 0 Å². The van der Waals surface area contributed by atoms with Gasteiger partial charge in [0.25, 0.3) is 0 Å². The molecule has 0 aliphatic rings. The predicted molar refractivity (Wildman–Crippen MR) is 37.2 cm³/mol. The van der Waals surface area contributed by atoms with Gasteiger partial charge in [0.05, 0.1) is 6.04 Å². The fourth-order valence-corrected chi connectivity index (χ4v) is 0.443. The van der Waals surface area contributed by atoms with Crippen LogP contribution in [0.25, 0.3) is 0 Å². The second-order valence-electron chi connectivity index (χ2n) is 2.25. The van der Waals surface area contributed by atoms with E-state index in [1.807, 2.05) is 25.9 Å². The van der Waals surface area contributed by atoms with Crippen molar-refractivity contribution in [3.63, 3.8) is 0 Å². The molecular formula is C6H14N2O. The number of nitrogens with zero attached hydrogens (tertiary/aromatic N) is 1. The summed E-state index contributed by atoms with van der Waals surface area (Å²) in [4.78, 5) is 12.7. The van der Waals surface area contributed by atoms with Gasteiger partial charge in [0, 0.05) is 7.05 Å². The number of rotatable bonds is 2. The zero-order valence-electron chi connectivity index (χ0n) is 6.43. The second kappa shape index (κ2) is 3.45. The molecule has 54 valence electrons. The van der Waals surface area contributed by atoms with Crippen LogP contribution < -0.4 is 5.32 Å². The van der Waals surface area contributed by atoms with Gasteiger partial charge >= 0.3 is 0 Å². The van der Waals surface area contributed by atoms with Crippen molar-refractivity contribution in [3.05, 3.63) is 0 Å². The molecule has 0 saturated carbocycles. The molecule has 0 heterocycles. The van der Waals surface area contributed by atoms with Crippen LogP contribution in [0.3, 0.4) is 0 Å². The van der Waals surface area contributed by atoms with E-state index in [1.54, 1.807) is 7.05 Å². The lowest BCUT2D eigenvalue weighted by molar-refractivity contribution is -0.124. The minimum Gasteiger partial charge on any atom is -0.358 e. The van der Waals surface area contributed by atoms with Crippen LogP contribution in [0, 0.1) is 0 Å². The van der Waals surface area contributed by atoms with Gasteiger partial charge in [-0.15, -0.1) is 0 Å². The van der Waals surface area contributed by atoms with Crippen LogP contribution in [-0.2, 0) is 4.79 Å². The monoisotopic (exact) mass is 130 g/mol. The quantitative estimate of drug-likeness (QED) is 0.555. The minimum atomic E-state index is -0.0324. The average molecular weight is 130 g/mol. The van der Waals surface area contributed by atoms with Crippen molar-refractivity contribution in [3.8, 4) is 0 Å². The van der Waals surface area contributed by atoms with Gasteiger partial charge in [-0.3, -0.25) is 9.69 Å². The van der Waals surface area contributed by atoms with Crippen LogP contribution in [0.2, 0.25) is 0 Å². The van der Waals surface area contributed by atoms with E-state index >= 15 is 0 Å². The first-order valence-corrected chi connectivity index (χ1v) is 2.97. The number of carbonyl (C=O) groups is 1. The summed E-state index contributed by atoms with van der Waals surface area (Å²) >= 11 is 0. The van der Waals surface area contributed by atoms with Crippen LogP contribution in [-0.4, -0.2) is 38.0 Å². The molecule has 1 unspecified atom stereocenters. The van der Waals surface area contributed by atoms with Crippen molar-refractivity contribution in [1.82, 2.24) is 10.2 Å². The smallest absolute Gasteiger partial charge is 0.236 e. The molecule has 0 aromatic rings. The first-order chi connectivity index (χ1) is 4.09. The normalized spacial score (nSPS) is 13.4. The highest BCUT2D eigenvalue weighted by Crippen LogP contribution is 1.88. The van der Waals surface area contributed by atoms with Crippen LogP contribution in [0.1, 0.15) is 6.92 Å². The maximum Gasteiger partial charge on any atom is 0.236 e. The number of nitrogens with one attached hydrogen (secondary N) is 1. The van der Waals surface area contributed by atoms with Crippen LogP contribution in [0.4, 0.5) is 0 Å². The van der Waals surface area contributed by atoms with E-state index in [1.165, 1.54) is 0 Å². The number of hydrogen-bond acceptors (Lipinski definition) is 2. The van der Waals surface area contributed by atoms with E-state index in [0.717, 1.165) is 0 Å². The summed E-state index contributed by atoms with van der Waals surface area (Å²) in [5.74, 6) is 0.0556. The van der Waals surface area contributed by atoms with E-state index in [2.05, 4.69) is 5.32 Å². The molecule has 1 N–H and O–H groups in total. The standard InChI is InChI=1S/C6H14N2O/c1-5(8(3)4)6(9)7-2/h5H,1-4H3,(H,7,9). The molecule has 3 nitrogen and oxygen atoms in total. The maximum atomic E-state index is 10.8. The first kappa shape index (κ1) is 8.43. The molecule has 9 heavy (non-hydrogen) atoms. The molecule has 1 amide bonds. The Labute approximate surface area is 56.0 Å². The zero-order valence-corrected chi connectivity index (χ0v) is 6.43. The lowest BCUT2D eigenvalue weighted by atomic mass is 10.3. The van der Waals surface area contributed by atoms with Crippen molar-refractivity contribution < 1.29 is 4.79 Å². The SMILES string of the molecule is CNC(=O)C(C)N(C)C.